The number of ether oxygens (including phenoxy) is 1. The summed E-state index contributed by atoms with van der Waals surface area (Å²) in [4.78, 5) is 34.0. The normalized spacial score (nSPS) is 10.8. The van der Waals surface area contributed by atoms with Crippen LogP contribution in [0.2, 0.25) is 0 Å². The van der Waals surface area contributed by atoms with E-state index in [1.54, 1.807) is 0 Å². The van der Waals surface area contributed by atoms with E-state index in [9.17, 15) is 27.6 Å². The minimum absolute atomic E-state index is 0.0637. The quantitative estimate of drug-likeness (QED) is 0.663. The second-order valence-corrected chi connectivity index (χ2v) is 4.94. The van der Waals surface area contributed by atoms with Gasteiger partial charge < -0.3 is 10.1 Å². The van der Waals surface area contributed by atoms with Crippen molar-refractivity contribution < 1.29 is 32.3 Å². The van der Waals surface area contributed by atoms with Crippen LogP contribution in [0.15, 0.2) is 48.5 Å². The van der Waals surface area contributed by atoms with Gasteiger partial charge in [0.1, 0.15) is 6.29 Å². The highest BCUT2D eigenvalue weighted by Crippen LogP contribution is 2.30. The SMILES string of the molecule is O=Cc1ccc(C(=O)OCC(=O)Nc2cccc(C(F)(F)F)c2)cc1. The van der Waals surface area contributed by atoms with Crippen molar-refractivity contribution in [2.24, 2.45) is 0 Å². The van der Waals surface area contributed by atoms with Crippen molar-refractivity contribution in [1.29, 1.82) is 0 Å². The molecule has 0 heterocycles. The molecule has 0 unspecified atom stereocenters. The Balaban J connectivity index is 1.92. The fourth-order valence-corrected chi connectivity index (χ4v) is 1.88. The van der Waals surface area contributed by atoms with Crippen LogP contribution in [-0.2, 0) is 15.7 Å². The van der Waals surface area contributed by atoms with Crippen molar-refractivity contribution in [1.82, 2.24) is 0 Å². The maximum absolute atomic E-state index is 12.6. The number of alkyl halides is 3. The molecule has 25 heavy (non-hydrogen) atoms. The summed E-state index contributed by atoms with van der Waals surface area (Å²) in [6.45, 7) is -0.662. The van der Waals surface area contributed by atoms with Crippen LogP contribution >= 0.6 is 0 Å². The molecule has 1 amide bonds. The van der Waals surface area contributed by atoms with E-state index < -0.39 is 30.2 Å². The standard InChI is InChI=1S/C17H12F3NO4/c18-17(19,20)13-2-1-3-14(8-13)21-15(23)10-25-16(24)12-6-4-11(9-22)5-7-12/h1-9H,10H2,(H,21,23). The third-order valence-electron chi connectivity index (χ3n) is 3.09. The molecule has 0 fully saturated rings. The van der Waals surface area contributed by atoms with Gasteiger partial charge in [-0.3, -0.25) is 9.59 Å². The third kappa shape index (κ3) is 5.17. The maximum Gasteiger partial charge on any atom is 0.416 e. The van der Waals surface area contributed by atoms with E-state index in [1.807, 2.05) is 0 Å². The molecule has 0 saturated heterocycles. The van der Waals surface area contributed by atoms with E-state index in [4.69, 9.17) is 4.74 Å². The Labute approximate surface area is 140 Å². The average molecular weight is 351 g/mol. The number of carbonyl (C=O) groups is 3. The van der Waals surface area contributed by atoms with Gasteiger partial charge in [-0.1, -0.05) is 18.2 Å². The Morgan fingerprint density at radius 2 is 1.76 bits per heavy atom. The van der Waals surface area contributed by atoms with E-state index in [1.165, 1.54) is 30.3 Å². The fourth-order valence-electron chi connectivity index (χ4n) is 1.88. The van der Waals surface area contributed by atoms with Gasteiger partial charge in [-0.05, 0) is 30.3 Å². The van der Waals surface area contributed by atoms with Gasteiger partial charge in [-0.15, -0.1) is 0 Å². The van der Waals surface area contributed by atoms with Crippen molar-refractivity contribution in [3.8, 4) is 0 Å². The van der Waals surface area contributed by atoms with Crippen LogP contribution in [0.1, 0.15) is 26.3 Å². The summed E-state index contributed by atoms with van der Waals surface area (Å²) in [5, 5.41) is 2.22. The largest absolute Gasteiger partial charge is 0.452 e. The molecule has 130 valence electrons. The fraction of sp³-hybridized carbons (Fsp3) is 0.118. The molecule has 0 radical (unpaired) electrons. The zero-order valence-electron chi connectivity index (χ0n) is 12.7. The summed E-state index contributed by atoms with van der Waals surface area (Å²) >= 11 is 0. The predicted octanol–water partition coefficient (Wildman–Crippen LogP) is 3.31. The Kier molecular flexibility index (Phi) is 5.53. The van der Waals surface area contributed by atoms with Crippen LogP contribution in [-0.4, -0.2) is 24.8 Å². The van der Waals surface area contributed by atoms with Crippen LogP contribution in [0.3, 0.4) is 0 Å². The molecule has 0 bridgehead atoms. The Bertz CT molecular complexity index is 785. The number of anilines is 1. The van der Waals surface area contributed by atoms with Crippen molar-refractivity contribution in [3.05, 3.63) is 65.2 Å². The second-order valence-electron chi connectivity index (χ2n) is 4.94. The number of hydrogen-bond acceptors (Lipinski definition) is 4. The summed E-state index contributed by atoms with van der Waals surface area (Å²) in [5.74, 6) is -1.58. The van der Waals surface area contributed by atoms with E-state index in [-0.39, 0.29) is 11.3 Å². The number of benzene rings is 2. The number of nitrogens with one attached hydrogen (secondary N) is 1. The summed E-state index contributed by atoms with van der Waals surface area (Å²) in [6.07, 6.45) is -3.92. The zero-order valence-corrected chi connectivity index (χ0v) is 12.7. The third-order valence-corrected chi connectivity index (χ3v) is 3.09. The number of carbonyl (C=O) groups excluding carboxylic acids is 3. The van der Waals surface area contributed by atoms with Crippen LogP contribution < -0.4 is 5.32 Å². The number of aldehydes is 1. The lowest BCUT2D eigenvalue weighted by atomic mass is 10.1. The lowest BCUT2D eigenvalue weighted by molar-refractivity contribution is -0.137. The topological polar surface area (TPSA) is 72.5 Å². The first kappa shape index (κ1) is 18.2. The van der Waals surface area contributed by atoms with E-state index in [0.29, 0.717) is 11.8 Å². The first-order valence-corrected chi connectivity index (χ1v) is 6.99. The minimum Gasteiger partial charge on any atom is -0.452 e. The van der Waals surface area contributed by atoms with Gasteiger partial charge in [0.2, 0.25) is 0 Å². The van der Waals surface area contributed by atoms with Gasteiger partial charge in [0.15, 0.2) is 6.61 Å². The zero-order chi connectivity index (χ0) is 18.4. The van der Waals surface area contributed by atoms with Crippen molar-refractivity contribution >= 4 is 23.9 Å². The average Bonchev–Trinajstić information content (AvgIpc) is 2.59. The molecular formula is C17H12F3NO4. The van der Waals surface area contributed by atoms with Gasteiger partial charge in [-0.2, -0.15) is 13.2 Å². The molecule has 0 aliphatic heterocycles. The Hall–Kier alpha value is -3.16. The van der Waals surface area contributed by atoms with Gasteiger partial charge in [0, 0.05) is 11.3 Å². The van der Waals surface area contributed by atoms with E-state index >= 15 is 0 Å². The lowest BCUT2D eigenvalue weighted by Crippen LogP contribution is -2.21. The van der Waals surface area contributed by atoms with E-state index in [2.05, 4.69) is 5.32 Å². The van der Waals surface area contributed by atoms with Crippen LogP contribution in [0.4, 0.5) is 18.9 Å². The summed E-state index contributed by atoms with van der Waals surface area (Å²) in [5.41, 5.74) is -0.458. The Morgan fingerprint density at radius 3 is 2.36 bits per heavy atom. The molecule has 0 atom stereocenters. The Morgan fingerprint density at radius 1 is 1.08 bits per heavy atom. The molecule has 0 aliphatic carbocycles. The van der Waals surface area contributed by atoms with Crippen LogP contribution in [0.25, 0.3) is 0 Å². The van der Waals surface area contributed by atoms with Crippen molar-refractivity contribution in [2.75, 3.05) is 11.9 Å². The van der Waals surface area contributed by atoms with Gasteiger partial charge in [0.25, 0.3) is 5.91 Å². The van der Waals surface area contributed by atoms with E-state index in [0.717, 1.165) is 18.2 Å². The number of hydrogen-bond donors (Lipinski definition) is 1. The number of rotatable bonds is 5. The summed E-state index contributed by atoms with van der Waals surface area (Å²) in [7, 11) is 0. The molecule has 0 spiro atoms. The first-order chi connectivity index (χ1) is 11.8. The number of amides is 1. The molecule has 0 aromatic heterocycles. The monoisotopic (exact) mass is 351 g/mol. The molecule has 1 N–H and O–H groups in total. The molecule has 2 rings (SSSR count). The molecule has 2 aromatic rings. The smallest absolute Gasteiger partial charge is 0.416 e. The molecule has 0 saturated carbocycles. The summed E-state index contributed by atoms with van der Waals surface area (Å²) in [6, 6.07) is 9.62. The lowest BCUT2D eigenvalue weighted by Gasteiger charge is -2.10. The second kappa shape index (κ2) is 7.61. The first-order valence-electron chi connectivity index (χ1n) is 6.99. The van der Waals surface area contributed by atoms with Crippen molar-refractivity contribution in [3.63, 3.8) is 0 Å². The summed E-state index contributed by atoms with van der Waals surface area (Å²) < 4.78 is 42.6. The molecule has 8 heteroatoms. The molecule has 2 aromatic carbocycles. The predicted molar refractivity (Wildman–Crippen MR) is 82.2 cm³/mol. The highest BCUT2D eigenvalue weighted by atomic mass is 19.4. The van der Waals surface area contributed by atoms with Gasteiger partial charge in [-0.25, -0.2) is 4.79 Å². The minimum atomic E-state index is -4.53. The number of esters is 1. The van der Waals surface area contributed by atoms with Crippen molar-refractivity contribution in [2.45, 2.75) is 6.18 Å². The molecular weight excluding hydrogens is 339 g/mol. The van der Waals surface area contributed by atoms with Gasteiger partial charge >= 0.3 is 12.1 Å². The molecule has 5 nitrogen and oxygen atoms in total. The van der Waals surface area contributed by atoms with Crippen LogP contribution in [0.5, 0.6) is 0 Å². The highest BCUT2D eigenvalue weighted by Gasteiger charge is 2.30. The number of halogens is 3. The molecule has 0 aliphatic rings. The highest BCUT2D eigenvalue weighted by molar-refractivity contribution is 5.95. The van der Waals surface area contributed by atoms with Gasteiger partial charge in [0.05, 0.1) is 11.1 Å². The maximum atomic E-state index is 12.6. The van der Waals surface area contributed by atoms with Crippen LogP contribution in [0, 0.1) is 0 Å².